The number of pyridine rings is 1. The zero-order chi connectivity index (χ0) is 28.3. The third-order valence-corrected chi connectivity index (χ3v) is 8.13. The maximum Gasteiger partial charge on any atom is 0.416 e. The Kier molecular flexibility index (Phi) is 8.58. The lowest BCUT2D eigenvalue weighted by Crippen LogP contribution is -2.34. The molecule has 0 bridgehead atoms. The van der Waals surface area contributed by atoms with Crippen LogP contribution in [0.1, 0.15) is 33.6 Å². The van der Waals surface area contributed by atoms with Crippen molar-refractivity contribution in [3.8, 4) is 11.8 Å². The Hall–Kier alpha value is -3.76. The third-order valence-electron chi connectivity index (χ3n) is 5.53. The van der Waals surface area contributed by atoms with Crippen molar-refractivity contribution in [1.29, 1.82) is 5.26 Å². The van der Waals surface area contributed by atoms with Gasteiger partial charge in [0, 0.05) is 36.4 Å². The van der Waals surface area contributed by atoms with Crippen LogP contribution >= 0.6 is 0 Å². The number of benzene rings is 2. The van der Waals surface area contributed by atoms with Crippen LogP contribution in [-0.4, -0.2) is 35.1 Å². The molecule has 1 N–H and O–H groups in total. The number of rotatable bonds is 8. The molecule has 0 radical (unpaired) electrons. The molecule has 38 heavy (non-hydrogen) atoms. The van der Waals surface area contributed by atoms with E-state index in [0.717, 1.165) is 35.1 Å². The highest BCUT2D eigenvalue weighted by Gasteiger charge is 2.31. The first-order chi connectivity index (χ1) is 17.7. The standard InChI is InChI=1S/C25H22F3N3O5S2/c1-16-22(37(34)12-4-11-29)14-21(23(32)30-15-17-7-9-20(10-8-17)38(2,35)36)24(33)31(16)19-6-3-5-18(13-19)25(26,27)28/h3,5-10,13-14H,4,12,15H2,1-2H3,(H,30,32). The van der Waals surface area contributed by atoms with Gasteiger partial charge in [-0.15, -0.1) is 0 Å². The van der Waals surface area contributed by atoms with Gasteiger partial charge >= 0.3 is 6.18 Å². The Morgan fingerprint density at radius 2 is 1.79 bits per heavy atom. The van der Waals surface area contributed by atoms with E-state index < -0.39 is 49.4 Å². The van der Waals surface area contributed by atoms with Crippen LogP contribution in [0.2, 0.25) is 0 Å². The van der Waals surface area contributed by atoms with Gasteiger partial charge in [-0.3, -0.25) is 18.4 Å². The largest absolute Gasteiger partial charge is 0.416 e. The Balaban J connectivity index is 2.06. The van der Waals surface area contributed by atoms with Gasteiger partial charge in [-0.1, -0.05) is 18.2 Å². The lowest BCUT2D eigenvalue weighted by molar-refractivity contribution is -0.137. The molecule has 1 aromatic heterocycles. The summed E-state index contributed by atoms with van der Waals surface area (Å²) in [6, 6.07) is 12.6. The van der Waals surface area contributed by atoms with Gasteiger partial charge in [-0.05, 0) is 48.9 Å². The Bertz CT molecular complexity index is 1610. The SMILES string of the molecule is Cc1c(S(=O)CCC#N)cc(C(=O)NCc2ccc(S(C)(=O)=O)cc2)c(=O)n1-c1cccc(C(F)(F)F)c1. The Morgan fingerprint density at radius 1 is 1.13 bits per heavy atom. The first-order valence-electron chi connectivity index (χ1n) is 11.0. The number of nitrogens with zero attached hydrogens (tertiary/aromatic N) is 2. The van der Waals surface area contributed by atoms with Crippen molar-refractivity contribution in [2.24, 2.45) is 0 Å². The number of amides is 1. The van der Waals surface area contributed by atoms with Gasteiger partial charge in [0.1, 0.15) is 5.56 Å². The van der Waals surface area contributed by atoms with Gasteiger partial charge < -0.3 is 5.32 Å². The van der Waals surface area contributed by atoms with Crippen molar-refractivity contribution in [2.45, 2.75) is 35.9 Å². The fourth-order valence-corrected chi connectivity index (χ4v) is 5.38. The first-order valence-corrected chi connectivity index (χ1v) is 14.2. The Morgan fingerprint density at radius 3 is 2.37 bits per heavy atom. The molecule has 0 saturated heterocycles. The topological polar surface area (TPSA) is 126 Å². The zero-order valence-electron chi connectivity index (χ0n) is 20.2. The van der Waals surface area contributed by atoms with E-state index in [1.165, 1.54) is 37.3 Å². The summed E-state index contributed by atoms with van der Waals surface area (Å²) >= 11 is 0. The maximum atomic E-state index is 13.4. The zero-order valence-corrected chi connectivity index (χ0v) is 21.8. The van der Waals surface area contributed by atoms with E-state index in [0.29, 0.717) is 5.56 Å². The van der Waals surface area contributed by atoms with Gasteiger partial charge in [0.05, 0.1) is 32.2 Å². The number of hydrogen-bond acceptors (Lipinski definition) is 6. The second kappa shape index (κ2) is 11.3. The highest BCUT2D eigenvalue weighted by atomic mass is 32.2. The fourth-order valence-electron chi connectivity index (χ4n) is 3.59. The average Bonchev–Trinajstić information content (AvgIpc) is 2.85. The molecule has 0 aliphatic heterocycles. The molecule has 1 unspecified atom stereocenters. The number of halogens is 3. The van der Waals surface area contributed by atoms with Crippen LogP contribution in [0.5, 0.6) is 0 Å². The van der Waals surface area contributed by atoms with Gasteiger partial charge in [0.25, 0.3) is 11.5 Å². The molecule has 3 aromatic rings. The van der Waals surface area contributed by atoms with Crippen LogP contribution in [0.3, 0.4) is 0 Å². The fraction of sp³-hybridized carbons (Fsp3) is 0.240. The Labute approximate surface area is 219 Å². The minimum atomic E-state index is -4.69. The van der Waals surface area contributed by atoms with Crippen LogP contribution in [-0.2, 0) is 33.4 Å². The summed E-state index contributed by atoms with van der Waals surface area (Å²) < 4.78 is 77.0. The van der Waals surface area contributed by atoms with Gasteiger partial charge in [0.15, 0.2) is 9.84 Å². The molecular weight excluding hydrogens is 543 g/mol. The van der Waals surface area contributed by atoms with E-state index in [1.54, 1.807) is 0 Å². The first kappa shape index (κ1) is 28.8. The number of alkyl halides is 3. The van der Waals surface area contributed by atoms with Crippen LogP contribution in [0.25, 0.3) is 5.69 Å². The molecule has 1 amide bonds. The normalized spacial score (nSPS) is 12.5. The van der Waals surface area contributed by atoms with Crippen molar-refractivity contribution in [2.75, 3.05) is 12.0 Å². The molecule has 0 aliphatic carbocycles. The molecule has 0 fully saturated rings. The molecule has 1 atom stereocenters. The number of sulfone groups is 1. The number of nitrogens with one attached hydrogen (secondary N) is 1. The molecular formula is C25H22F3N3O5S2. The molecule has 0 aliphatic rings. The van der Waals surface area contributed by atoms with Crippen molar-refractivity contribution in [1.82, 2.24) is 9.88 Å². The summed E-state index contributed by atoms with van der Waals surface area (Å²) in [5, 5.41) is 11.4. The minimum absolute atomic E-state index is 0.0277. The van der Waals surface area contributed by atoms with Crippen molar-refractivity contribution in [3.63, 3.8) is 0 Å². The van der Waals surface area contributed by atoms with Crippen molar-refractivity contribution in [3.05, 3.63) is 87.3 Å². The van der Waals surface area contributed by atoms with Crippen LogP contribution < -0.4 is 10.9 Å². The maximum absolute atomic E-state index is 13.4. The highest BCUT2D eigenvalue weighted by Crippen LogP contribution is 2.30. The number of carbonyl (C=O) groups excluding carboxylic acids is 1. The summed E-state index contributed by atoms with van der Waals surface area (Å²) in [5.41, 5.74) is -1.98. The second-order valence-electron chi connectivity index (χ2n) is 8.25. The van der Waals surface area contributed by atoms with Crippen molar-refractivity contribution >= 4 is 26.5 Å². The summed E-state index contributed by atoms with van der Waals surface area (Å²) in [6.45, 7) is 1.30. The molecule has 1 heterocycles. The van der Waals surface area contributed by atoms with E-state index in [1.807, 2.05) is 6.07 Å². The monoisotopic (exact) mass is 565 g/mol. The predicted molar refractivity (Wildman–Crippen MR) is 134 cm³/mol. The van der Waals surface area contributed by atoms with E-state index in [9.17, 15) is 35.4 Å². The molecule has 0 spiro atoms. The molecule has 200 valence electrons. The lowest BCUT2D eigenvalue weighted by atomic mass is 10.1. The highest BCUT2D eigenvalue weighted by molar-refractivity contribution is 7.90. The van der Waals surface area contributed by atoms with Crippen LogP contribution in [0.15, 0.2) is 69.2 Å². The smallest absolute Gasteiger partial charge is 0.348 e. The molecule has 2 aromatic carbocycles. The molecule has 13 heteroatoms. The van der Waals surface area contributed by atoms with E-state index in [2.05, 4.69) is 5.32 Å². The summed E-state index contributed by atoms with van der Waals surface area (Å²) in [4.78, 5) is 26.5. The second-order valence-corrected chi connectivity index (χ2v) is 11.8. The molecule has 3 rings (SSSR count). The lowest BCUT2D eigenvalue weighted by Gasteiger charge is -2.17. The minimum Gasteiger partial charge on any atom is -0.348 e. The van der Waals surface area contributed by atoms with E-state index in [4.69, 9.17) is 5.26 Å². The average molecular weight is 566 g/mol. The third kappa shape index (κ3) is 6.56. The van der Waals surface area contributed by atoms with Crippen LogP contribution in [0.4, 0.5) is 13.2 Å². The number of aromatic nitrogens is 1. The number of hydrogen-bond donors (Lipinski definition) is 1. The van der Waals surface area contributed by atoms with Gasteiger partial charge in [0.2, 0.25) is 0 Å². The van der Waals surface area contributed by atoms with Gasteiger partial charge in [-0.25, -0.2) is 8.42 Å². The summed E-state index contributed by atoms with van der Waals surface area (Å²) in [5.74, 6) is -0.979. The van der Waals surface area contributed by atoms with Gasteiger partial charge in [-0.2, -0.15) is 18.4 Å². The number of nitriles is 1. The van der Waals surface area contributed by atoms with E-state index >= 15 is 0 Å². The van der Waals surface area contributed by atoms with Crippen molar-refractivity contribution < 1.29 is 30.6 Å². The molecule has 0 saturated carbocycles. The van der Waals surface area contributed by atoms with Crippen LogP contribution in [0, 0.1) is 18.3 Å². The predicted octanol–water partition coefficient (Wildman–Crippen LogP) is 3.52. The quantitative estimate of drug-likeness (QED) is 0.446. The summed E-state index contributed by atoms with van der Waals surface area (Å²) in [6.07, 6.45) is -3.72. The summed E-state index contributed by atoms with van der Waals surface area (Å²) in [7, 11) is -5.25. The molecule has 8 nitrogen and oxygen atoms in total. The van der Waals surface area contributed by atoms with E-state index in [-0.39, 0.29) is 39.9 Å². The number of carbonyl (C=O) groups is 1.